The van der Waals surface area contributed by atoms with Gasteiger partial charge in [-0.15, -0.1) is 0 Å². The Labute approximate surface area is 391 Å². The largest absolute Gasteiger partial charge is 0.347 e. The summed E-state index contributed by atoms with van der Waals surface area (Å²) in [4.78, 5) is 86.7. The Bertz CT molecular complexity index is 1970. The maximum absolute atomic E-state index is 14.3. The monoisotopic (exact) mass is 907 g/mol. The molecular formula is C52H74N8O6. The third-order valence-corrected chi connectivity index (χ3v) is 16.2. The molecule has 6 aliphatic rings. The number of hydrogen-bond donors (Lipinski definition) is 6. The molecule has 14 nitrogen and oxygen atoms in total. The third-order valence-electron chi connectivity index (χ3n) is 16.2. The lowest BCUT2D eigenvalue weighted by molar-refractivity contribution is -0.143. The summed E-state index contributed by atoms with van der Waals surface area (Å²) in [6.07, 6.45) is 15.7. The lowest BCUT2D eigenvalue weighted by atomic mass is 9.83. The maximum atomic E-state index is 14.3. The van der Waals surface area contributed by atoms with Gasteiger partial charge in [0, 0.05) is 13.1 Å². The van der Waals surface area contributed by atoms with Gasteiger partial charge in [-0.25, -0.2) is 0 Å². The number of rotatable bonds is 15. The van der Waals surface area contributed by atoms with Crippen LogP contribution in [0.4, 0.5) is 0 Å². The van der Waals surface area contributed by atoms with Gasteiger partial charge in [0.25, 0.3) is 0 Å². The van der Waals surface area contributed by atoms with Gasteiger partial charge in [0.1, 0.15) is 24.2 Å². The van der Waals surface area contributed by atoms with Crippen LogP contribution in [0.25, 0.3) is 11.1 Å². The highest BCUT2D eigenvalue weighted by molar-refractivity contribution is 5.95. The van der Waals surface area contributed by atoms with Crippen LogP contribution in [0.15, 0.2) is 36.4 Å². The van der Waals surface area contributed by atoms with Gasteiger partial charge in [0.15, 0.2) is 0 Å². The summed E-state index contributed by atoms with van der Waals surface area (Å²) in [5, 5.41) is 18.9. The van der Waals surface area contributed by atoms with Crippen molar-refractivity contribution in [3.05, 3.63) is 58.7 Å². The minimum Gasteiger partial charge on any atom is -0.347 e. The summed E-state index contributed by atoms with van der Waals surface area (Å²) in [6.45, 7) is 4.57. The van der Waals surface area contributed by atoms with Crippen LogP contribution < -0.4 is 31.9 Å². The van der Waals surface area contributed by atoms with Crippen LogP contribution in [-0.4, -0.2) is 109 Å². The first kappa shape index (κ1) is 47.7. The van der Waals surface area contributed by atoms with Crippen LogP contribution >= 0.6 is 0 Å². The Morgan fingerprint density at radius 1 is 0.515 bits per heavy atom. The van der Waals surface area contributed by atoms with Crippen LogP contribution in [0.2, 0.25) is 0 Å². The molecule has 0 bridgehead atoms. The summed E-state index contributed by atoms with van der Waals surface area (Å²) in [5.74, 6) is -0.847. The standard InChI is InChI=1S/C52H74N8O6/c1-31(53-3)47(61)57-45(33-15-7-5-8-16-33)51(65)59-29-13-23-43(59)49(63)55-41-27-25-37-35(19-11-21-39(37)41)36-20-12-22-40-38(36)26-28-42(40)56-50(64)44-24-14-30-60(44)52(66)46(34-17-9-6-10-18-34)58-48(62)32(2)54-4/h11-12,19-22,31-34,41-46,53-54H,5-10,13-18,23-30H2,1-4H3,(H,55,63)(H,56,64)(H,57,61)(H,58,62)/t31-,32-,41+,42+,43-,44-,45-,46-/m0/s1. The smallest absolute Gasteiger partial charge is 0.246 e. The second-order valence-corrected chi connectivity index (χ2v) is 20.1. The van der Waals surface area contributed by atoms with Gasteiger partial charge in [-0.05, 0) is 150 Å². The van der Waals surface area contributed by atoms with Crippen molar-refractivity contribution in [2.45, 2.75) is 178 Å². The molecule has 14 heteroatoms. The highest BCUT2D eigenvalue weighted by atomic mass is 16.2. The molecule has 66 heavy (non-hydrogen) atoms. The minimum absolute atomic E-state index is 0.0565. The van der Waals surface area contributed by atoms with E-state index in [1.807, 2.05) is 0 Å². The van der Waals surface area contributed by atoms with Gasteiger partial charge in [0.05, 0.1) is 24.2 Å². The van der Waals surface area contributed by atoms with E-state index in [0.29, 0.717) is 25.9 Å². The molecule has 2 saturated heterocycles. The molecule has 2 aromatic rings. The van der Waals surface area contributed by atoms with Gasteiger partial charge in [0.2, 0.25) is 35.4 Å². The van der Waals surface area contributed by atoms with Crippen molar-refractivity contribution in [3.8, 4) is 11.1 Å². The zero-order valence-electron chi connectivity index (χ0n) is 39.7. The number of likely N-dealkylation sites (N-methyl/N-ethyl adjacent to an activating group) is 2. The van der Waals surface area contributed by atoms with E-state index >= 15 is 0 Å². The lowest BCUT2D eigenvalue weighted by Gasteiger charge is -2.35. The second-order valence-electron chi connectivity index (χ2n) is 20.1. The van der Waals surface area contributed by atoms with Crippen molar-refractivity contribution >= 4 is 35.4 Å². The van der Waals surface area contributed by atoms with Crippen molar-refractivity contribution in [2.75, 3.05) is 27.2 Å². The van der Waals surface area contributed by atoms with Gasteiger partial charge in [-0.3, -0.25) is 28.8 Å². The van der Waals surface area contributed by atoms with Crippen LogP contribution in [0, 0.1) is 11.8 Å². The van der Waals surface area contributed by atoms with Crippen LogP contribution in [-0.2, 0) is 41.6 Å². The quantitative estimate of drug-likeness (QED) is 0.146. The molecule has 4 fully saturated rings. The molecule has 6 amide bonds. The summed E-state index contributed by atoms with van der Waals surface area (Å²) in [7, 11) is 3.47. The highest BCUT2D eigenvalue weighted by Crippen LogP contribution is 2.43. The second kappa shape index (κ2) is 21.4. The van der Waals surface area contributed by atoms with E-state index in [0.717, 1.165) is 125 Å². The molecular weight excluding hydrogens is 833 g/mol. The molecule has 0 radical (unpaired) electrons. The Morgan fingerprint density at radius 3 is 1.29 bits per heavy atom. The fraction of sp³-hybridized carbons (Fsp3) is 0.654. The first-order valence-electron chi connectivity index (χ1n) is 25.4. The van der Waals surface area contributed by atoms with Crippen molar-refractivity contribution in [1.29, 1.82) is 0 Å². The number of carbonyl (C=O) groups excluding carboxylic acids is 6. The Kier molecular flexibility index (Phi) is 15.5. The minimum atomic E-state index is -0.643. The summed E-state index contributed by atoms with van der Waals surface area (Å²) < 4.78 is 0. The zero-order valence-corrected chi connectivity index (χ0v) is 39.7. The first-order valence-corrected chi connectivity index (χ1v) is 25.4. The molecule has 358 valence electrons. The molecule has 0 aromatic heterocycles. The highest BCUT2D eigenvalue weighted by Gasteiger charge is 2.44. The fourth-order valence-electron chi connectivity index (χ4n) is 12.1. The molecule has 2 saturated carbocycles. The average molecular weight is 907 g/mol. The van der Waals surface area contributed by atoms with E-state index in [9.17, 15) is 28.8 Å². The van der Waals surface area contributed by atoms with E-state index in [2.05, 4.69) is 68.3 Å². The Morgan fingerprint density at radius 2 is 0.909 bits per heavy atom. The summed E-state index contributed by atoms with van der Waals surface area (Å²) in [5.41, 5.74) is 6.91. The molecule has 6 N–H and O–H groups in total. The molecule has 4 aliphatic carbocycles. The zero-order chi connectivity index (χ0) is 46.5. The maximum Gasteiger partial charge on any atom is 0.246 e. The number of carbonyl (C=O) groups is 6. The molecule has 2 heterocycles. The number of benzene rings is 2. The van der Waals surface area contributed by atoms with Crippen molar-refractivity contribution in [2.24, 2.45) is 11.8 Å². The third kappa shape index (κ3) is 10.1. The van der Waals surface area contributed by atoms with E-state index in [4.69, 9.17) is 0 Å². The van der Waals surface area contributed by atoms with Gasteiger partial charge < -0.3 is 41.7 Å². The Balaban J connectivity index is 0.941. The number of nitrogens with one attached hydrogen (secondary N) is 6. The average Bonchev–Trinajstić information content (AvgIpc) is 4.19. The molecule has 0 spiro atoms. The summed E-state index contributed by atoms with van der Waals surface area (Å²) >= 11 is 0. The van der Waals surface area contributed by atoms with Crippen molar-refractivity contribution < 1.29 is 28.8 Å². The van der Waals surface area contributed by atoms with E-state index in [-0.39, 0.29) is 59.4 Å². The number of fused-ring (bicyclic) bond motifs is 2. The van der Waals surface area contributed by atoms with E-state index in [1.54, 1.807) is 37.7 Å². The van der Waals surface area contributed by atoms with E-state index < -0.39 is 36.3 Å². The van der Waals surface area contributed by atoms with Crippen molar-refractivity contribution in [1.82, 2.24) is 41.7 Å². The Hall–Kier alpha value is -4.82. The molecule has 2 aromatic carbocycles. The molecule has 8 atom stereocenters. The number of hydrogen-bond acceptors (Lipinski definition) is 8. The van der Waals surface area contributed by atoms with Crippen molar-refractivity contribution in [3.63, 3.8) is 0 Å². The molecule has 2 aliphatic heterocycles. The van der Waals surface area contributed by atoms with Crippen LogP contribution in [0.3, 0.4) is 0 Å². The number of nitrogens with zero attached hydrogens (tertiary/aromatic N) is 2. The predicted octanol–water partition coefficient (Wildman–Crippen LogP) is 4.89. The SMILES string of the molecule is CN[C@@H](C)C(=O)N[C@H](C(=O)N1CCC[C@H]1C(=O)N[C@@H]1CCc2c(-c3cccc4c3CC[C@H]4NC(=O)[C@@H]3CCCN3C(=O)[C@@H](NC(=O)[C@H](C)NC)C3CCCCC3)cccc21)C1CCCCC1. The van der Waals surface area contributed by atoms with Crippen LogP contribution in [0.5, 0.6) is 0 Å². The van der Waals surface area contributed by atoms with E-state index in [1.165, 1.54) is 11.1 Å². The fourth-order valence-corrected chi connectivity index (χ4v) is 12.1. The first-order chi connectivity index (χ1) is 32.0. The predicted molar refractivity (Wildman–Crippen MR) is 254 cm³/mol. The lowest BCUT2D eigenvalue weighted by Crippen LogP contribution is -2.58. The van der Waals surface area contributed by atoms with Crippen LogP contribution in [0.1, 0.15) is 151 Å². The molecule has 0 unspecified atom stereocenters. The van der Waals surface area contributed by atoms with Gasteiger partial charge >= 0.3 is 0 Å². The number of amides is 6. The summed E-state index contributed by atoms with van der Waals surface area (Å²) in [6, 6.07) is 8.99. The normalized spacial score (nSPS) is 25.0. The molecule has 8 rings (SSSR count). The van der Waals surface area contributed by atoms with Gasteiger partial charge in [-0.1, -0.05) is 74.9 Å². The number of likely N-dealkylation sites (tertiary alicyclic amines) is 2. The topological polar surface area (TPSA) is 181 Å². The van der Waals surface area contributed by atoms with Gasteiger partial charge in [-0.2, -0.15) is 0 Å².